The van der Waals surface area contributed by atoms with Crippen molar-refractivity contribution in [1.29, 1.82) is 0 Å². The van der Waals surface area contributed by atoms with Crippen LogP contribution in [0.4, 0.5) is 0 Å². The number of hydrogen-bond donors (Lipinski definition) is 2. The van der Waals surface area contributed by atoms with Crippen molar-refractivity contribution in [3.63, 3.8) is 0 Å². The molecule has 5 heteroatoms. The molecule has 2 N–H and O–H groups in total. The third-order valence-corrected chi connectivity index (χ3v) is 4.92. The fourth-order valence-electron chi connectivity index (χ4n) is 3.28. The van der Waals surface area contributed by atoms with Gasteiger partial charge in [-0.2, -0.15) is 0 Å². The Morgan fingerprint density at radius 3 is 2.54 bits per heavy atom. The van der Waals surface area contributed by atoms with E-state index in [4.69, 9.17) is 0 Å². The summed E-state index contributed by atoms with van der Waals surface area (Å²) >= 11 is 0. The number of aliphatic hydroxyl groups excluding tert-OH is 1. The number of amides is 1. The maximum absolute atomic E-state index is 12.5. The highest BCUT2D eigenvalue weighted by molar-refractivity contribution is 5.86. The minimum absolute atomic E-state index is 0.261. The van der Waals surface area contributed by atoms with E-state index in [9.17, 15) is 19.8 Å². The van der Waals surface area contributed by atoms with Gasteiger partial charge in [-0.25, -0.2) is 4.79 Å². The van der Waals surface area contributed by atoms with Crippen molar-refractivity contribution in [2.24, 2.45) is 5.92 Å². The summed E-state index contributed by atoms with van der Waals surface area (Å²) in [7, 11) is 0. The van der Waals surface area contributed by atoms with E-state index in [1.807, 2.05) is 13.0 Å². The highest BCUT2D eigenvalue weighted by Gasteiger charge is 2.37. The van der Waals surface area contributed by atoms with Crippen molar-refractivity contribution in [2.75, 3.05) is 6.54 Å². The second kappa shape index (κ2) is 10.5. The third kappa shape index (κ3) is 5.93. The Morgan fingerprint density at radius 2 is 1.92 bits per heavy atom. The standard InChI is InChI=1S/C19H33NO4/c1-4-5-6-7-8-9-11-14(2)17(21)15(3)18(22)20-13-10-12-16(20)19(23)24/h11,15-17,21H,4-10,12-13H2,1-3H3,(H,23,24)/b14-11+/t15-,16+,17?/m1/s1. The van der Waals surface area contributed by atoms with Gasteiger partial charge in [0.15, 0.2) is 0 Å². The van der Waals surface area contributed by atoms with Crippen molar-refractivity contribution in [2.45, 2.75) is 84.3 Å². The molecule has 1 aliphatic rings. The molecule has 1 amide bonds. The monoisotopic (exact) mass is 339 g/mol. The zero-order chi connectivity index (χ0) is 18.1. The van der Waals surface area contributed by atoms with E-state index in [0.29, 0.717) is 19.4 Å². The van der Waals surface area contributed by atoms with Crippen molar-refractivity contribution in [3.8, 4) is 0 Å². The first-order valence-corrected chi connectivity index (χ1v) is 9.28. The number of rotatable bonds is 10. The fourth-order valence-corrected chi connectivity index (χ4v) is 3.28. The minimum atomic E-state index is -0.957. The second-order valence-electron chi connectivity index (χ2n) is 6.91. The Hall–Kier alpha value is -1.36. The lowest BCUT2D eigenvalue weighted by Gasteiger charge is -2.27. The zero-order valence-electron chi connectivity index (χ0n) is 15.3. The van der Waals surface area contributed by atoms with Gasteiger partial charge >= 0.3 is 5.97 Å². The maximum atomic E-state index is 12.5. The van der Waals surface area contributed by atoms with Crippen LogP contribution in [-0.2, 0) is 9.59 Å². The number of carbonyl (C=O) groups is 2. The van der Waals surface area contributed by atoms with Gasteiger partial charge in [0.25, 0.3) is 0 Å². The number of carbonyl (C=O) groups excluding carboxylic acids is 1. The lowest BCUT2D eigenvalue weighted by molar-refractivity contribution is -0.150. The number of allylic oxidation sites excluding steroid dienone is 1. The van der Waals surface area contributed by atoms with Gasteiger partial charge in [-0.3, -0.25) is 4.79 Å². The van der Waals surface area contributed by atoms with E-state index in [-0.39, 0.29) is 5.91 Å². The second-order valence-corrected chi connectivity index (χ2v) is 6.91. The Kier molecular flexibility index (Phi) is 9.04. The number of aliphatic hydroxyl groups is 1. The predicted molar refractivity (Wildman–Crippen MR) is 94.7 cm³/mol. The number of nitrogens with zero attached hydrogens (tertiary/aromatic N) is 1. The molecule has 0 spiro atoms. The first-order chi connectivity index (χ1) is 11.4. The Labute approximate surface area is 145 Å². The molecule has 1 fully saturated rings. The van der Waals surface area contributed by atoms with Crippen molar-refractivity contribution in [3.05, 3.63) is 11.6 Å². The van der Waals surface area contributed by atoms with Crippen molar-refractivity contribution < 1.29 is 19.8 Å². The van der Waals surface area contributed by atoms with Gasteiger partial charge in [0.1, 0.15) is 6.04 Å². The number of aliphatic carboxylic acids is 1. The average molecular weight is 339 g/mol. The van der Waals surface area contributed by atoms with Crippen molar-refractivity contribution in [1.82, 2.24) is 4.90 Å². The molecular formula is C19H33NO4. The molecule has 1 aliphatic heterocycles. The summed E-state index contributed by atoms with van der Waals surface area (Å²) in [5, 5.41) is 19.6. The number of carboxylic acid groups (broad SMARTS) is 1. The zero-order valence-corrected chi connectivity index (χ0v) is 15.3. The lowest BCUT2D eigenvalue weighted by Crippen LogP contribution is -2.45. The van der Waals surface area contributed by atoms with E-state index in [2.05, 4.69) is 6.92 Å². The first kappa shape index (κ1) is 20.7. The van der Waals surface area contributed by atoms with Gasteiger partial charge in [0.2, 0.25) is 5.91 Å². The quantitative estimate of drug-likeness (QED) is 0.472. The summed E-state index contributed by atoms with van der Waals surface area (Å²) in [5.74, 6) is -1.83. The summed E-state index contributed by atoms with van der Waals surface area (Å²) < 4.78 is 0. The van der Waals surface area contributed by atoms with E-state index in [0.717, 1.165) is 18.4 Å². The summed E-state index contributed by atoms with van der Waals surface area (Å²) in [4.78, 5) is 25.2. The van der Waals surface area contributed by atoms with E-state index in [1.54, 1.807) is 6.92 Å². The number of unbranched alkanes of at least 4 members (excludes halogenated alkanes) is 5. The number of hydrogen-bond acceptors (Lipinski definition) is 3. The van der Waals surface area contributed by atoms with Crippen molar-refractivity contribution >= 4 is 11.9 Å². The van der Waals surface area contributed by atoms with Gasteiger partial charge in [-0.05, 0) is 38.2 Å². The van der Waals surface area contributed by atoms with Gasteiger partial charge in [-0.1, -0.05) is 45.6 Å². The molecule has 1 rings (SSSR count). The smallest absolute Gasteiger partial charge is 0.326 e. The molecule has 0 aliphatic carbocycles. The largest absolute Gasteiger partial charge is 0.480 e. The Bertz CT molecular complexity index is 447. The SMILES string of the molecule is CCCCCCC/C=C(\C)C(O)[C@@H](C)C(=O)N1CCC[C@H]1C(=O)O. The molecule has 3 atom stereocenters. The molecule has 1 unspecified atom stereocenters. The van der Waals surface area contributed by atoms with E-state index in [1.165, 1.54) is 30.6 Å². The number of likely N-dealkylation sites (tertiary alicyclic amines) is 1. The van der Waals surface area contributed by atoms with Crippen LogP contribution in [0.25, 0.3) is 0 Å². The van der Waals surface area contributed by atoms with Crippen LogP contribution in [0.15, 0.2) is 11.6 Å². The molecule has 0 aromatic heterocycles. The maximum Gasteiger partial charge on any atom is 0.326 e. The molecule has 5 nitrogen and oxygen atoms in total. The first-order valence-electron chi connectivity index (χ1n) is 9.28. The average Bonchev–Trinajstić information content (AvgIpc) is 3.05. The molecule has 1 saturated heterocycles. The highest BCUT2D eigenvalue weighted by Crippen LogP contribution is 2.23. The van der Waals surface area contributed by atoms with Gasteiger partial charge in [0.05, 0.1) is 12.0 Å². The molecule has 1 heterocycles. The van der Waals surface area contributed by atoms with Crippen LogP contribution < -0.4 is 0 Å². The molecular weight excluding hydrogens is 306 g/mol. The molecule has 138 valence electrons. The minimum Gasteiger partial charge on any atom is -0.480 e. The Morgan fingerprint density at radius 1 is 1.25 bits per heavy atom. The normalized spacial score (nSPS) is 20.9. The number of carboxylic acids is 1. The van der Waals surface area contributed by atoms with Crippen LogP contribution in [0.1, 0.15) is 72.1 Å². The summed E-state index contributed by atoms with van der Waals surface area (Å²) in [6.07, 6.45) is 9.30. The molecule has 0 saturated carbocycles. The van der Waals surface area contributed by atoms with E-state index >= 15 is 0 Å². The summed E-state index contributed by atoms with van der Waals surface area (Å²) in [5.41, 5.74) is 0.803. The van der Waals surface area contributed by atoms with Crippen LogP contribution >= 0.6 is 0 Å². The van der Waals surface area contributed by atoms with Crippen LogP contribution in [0.2, 0.25) is 0 Å². The highest BCUT2D eigenvalue weighted by atomic mass is 16.4. The van der Waals surface area contributed by atoms with Gasteiger partial charge in [0, 0.05) is 6.54 Å². The molecule has 0 aromatic carbocycles. The van der Waals surface area contributed by atoms with Crippen LogP contribution in [0.3, 0.4) is 0 Å². The molecule has 0 bridgehead atoms. The van der Waals surface area contributed by atoms with Gasteiger partial charge < -0.3 is 15.1 Å². The third-order valence-electron chi connectivity index (χ3n) is 4.92. The Balaban J connectivity index is 2.51. The molecule has 0 radical (unpaired) electrons. The van der Waals surface area contributed by atoms with Crippen LogP contribution in [0.5, 0.6) is 0 Å². The van der Waals surface area contributed by atoms with E-state index < -0.39 is 24.0 Å². The van der Waals surface area contributed by atoms with Gasteiger partial charge in [-0.15, -0.1) is 0 Å². The summed E-state index contributed by atoms with van der Waals surface area (Å²) in [6.45, 7) is 6.18. The topological polar surface area (TPSA) is 77.8 Å². The predicted octanol–water partition coefficient (Wildman–Crippen LogP) is 3.37. The molecule has 0 aromatic rings. The lowest BCUT2D eigenvalue weighted by atomic mass is 9.95. The summed E-state index contributed by atoms with van der Waals surface area (Å²) in [6, 6.07) is -0.741. The fraction of sp³-hybridized carbons (Fsp3) is 0.789. The van der Waals surface area contributed by atoms with Crippen LogP contribution in [0, 0.1) is 5.92 Å². The van der Waals surface area contributed by atoms with Crippen LogP contribution in [-0.4, -0.2) is 45.7 Å². The molecule has 24 heavy (non-hydrogen) atoms.